The summed E-state index contributed by atoms with van der Waals surface area (Å²) >= 11 is 0. The van der Waals surface area contributed by atoms with Crippen LogP contribution in [-0.2, 0) is 0 Å². The Balaban J connectivity index is 1.75. The summed E-state index contributed by atoms with van der Waals surface area (Å²) in [6.45, 7) is 3.86. The molecule has 2 aromatic rings. The first-order valence-corrected chi connectivity index (χ1v) is 7.07. The summed E-state index contributed by atoms with van der Waals surface area (Å²) in [5.41, 5.74) is 0.862. The van der Waals surface area contributed by atoms with Gasteiger partial charge in [-0.05, 0) is 23.6 Å². The molecule has 2 unspecified atom stereocenters. The quantitative estimate of drug-likeness (QED) is 0.927. The van der Waals surface area contributed by atoms with Crippen LogP contribution >= 0.6 is 0 Å². The van der Waals surface area contributed by atoms with Crippen molar-refractivity contribution in [2.75, 3.05) is 18.0 Å². The molecule has 2 atom stereocenters. The van der Waals surface area contributed by atoms with Gasteiger partial charge in [0, 0.05) is 13.1 Å². The van der Waals surface area contributed by atoms with E-state index in [0.29, 0.717) is 11.8 Å². The van der Waals surface area contributed by atoms with E-state index in [-0.39, 0.29) is 5.92 Å². The molecule has 1 saturated heterocycles. The van der Waals surface area contributed by atoms with Gasteiger partial charge in [0.2, 0.25) is 5.89 Å². The van der Waals surface area contributed by atoms with Gasteiger partial charge in [0.25, 0.3) is 5.95 Å². The molecule has 1 N–H and O–H groups in total. The van der Waals surface area contributed by atoms with Gasteiger partial charge in [-0.1, -0.05) is 37.3 Å². The summed E-state index contributed by atoms with van der Waals surface area (Å²) in [5, 5.41) is 14.4. The minimum atomic E-state index is -0.636. The van der Waals surface area contributed by atoms with Crippen molar-refractivity contribution >= 4 is 5.95 Å². The second kappa shape index (κ2) is 5.63. The molecule has 20 heavy (non-hydrogen) atoms. The standard InChI is InChI=1S/C15H19N3O2/c1-11(13(19)12-7-3-2-4-8-12)14-16-15(17-20-14)18-9-5-6-10-18/h2-4,7-8,11,13,19H,5-6,9-10H2,1H3. The van der Waals surface area contributed by atoms with Gasteiger partial charge in [-0.2, -0.15) is 4.98 Å². The third-order valence-corrected chi connectivity index (χ3v) is 3.82. The van der Waals surface area contributed by atoms with E-state index in [0.717, 1.165) is 18.7 Å². The Labute approximate surface area is 118 Å². The number of anilines is 1. The number of hydrogen-bond acceptors (Lipinski definition) is 5. The molecule has 1 fully saturated rings. The molecule has 1 aliphatic heterocycles. The highest BCUT2D eigenvalue weighted by molar-refractivity contribution is 5.30. The Kier molecular flexibility index (Phi) is 3.69. The van der Waals surface area contributed by atoms with Gasteiger partial charge in [-0.15, -0.1) is 0 Å². The van der Waals surface area contributed by atoms with Crippen molar-refractivity contribution in [3.63, 3.8) is 0 Å². The van der Waals surface area contributed by atoms with Gasteiger partial charge in [-0.3, -0.25) is 0 Å². The van der Waals surface area contributed by atoms with E-state index < -0.39 is 6.10 Å². The highest BCUT2D eigenvalue weighted by Crippen LogP contribution is 2.30. The zero-order chi connectivity index (χ0) is 13.9. The molecule has 0 spiro atoms. The van der Waals surface area contributed by atoms with Crippen molar-refractivity contribution in [3.8, 4) is 0 Å². The second-order valence-corrected chi connectivity index (χ2v) is 5.27. The third-order valence-electron chi connectivity index (χ3n) is 3.82. The fourth-order valence-electron chi connectivity index (χ4n) is 2.53. The maximum atomic E-state index is 10.4. The number of aromatic nitrogens is 2. The van der Waals surface area contributed by atoms with Crippen LogP contribution in [0.2, 0.25) is 0 Å². The lowest BCUT2D eigenvalue weighted by Gasteiger charge is -2.15. The number of aliphatic hydroxyl groups excluding tert-OH is 1. The molecular formula is C15H19N3O2. The average Bonchev–Trinajstić information content (AvgIpc) is 3.17. The molecule has 0 saturated carbocycles. The zero-order valence-corrected chi connectivity index (χ0v) is 11.6. The molecule has 3 rings (SSSR count). The summed E-state index contributed by atoms with van der Waals surface area (Å²) in [6.07, 6.45) is 1.71. The molecule has 106 valence electrons. The van der Waals surface area contributed by atoms with Crippen LogP contribution in [0.4, 0.5) is 5.95 Å². The number of nitrogens with zero attached hydrogens (tertiary/aromatic N) is 3. The molecule has 2 heterocycles. The van der Waals surface area contributed by atoms with Crippen molar-refractivity contribution in [2.24, 2.45) is 0 Å². The number of hydrogen-bond donors (Lipinski definition) is 1. The first kappa shape index (κ1) is 13.1. The topological polar surface area (TPSA) is 62.4 Å². The van der Waals surface area contributed by atoms with Gasteiger partial charge >= 0.3 is 0 Å². The summed E-state index contributed by atoms with van der Waals surface area (Å²) in [7, 11) is 0. The molecule has 1 aliphatic rings. The van der Waals surface area contributed by atoms with Crippen LogP contribution in [0.5, 0.6) is 0 Å². The SMILES string of the molecule is CC(c1nc(N2CCCC2)no1)C(O)c1ccccc1. The van der Waals surface area contributed by atoms with Crippen molar-refractivity contribution < 1.29 is 9.63 Å². The van der Waals surface area contributed by atoms with Gasteiger partial charge in [-0.25, -0.2) is 0 Å². The summed E-state index contributed by atoms with van der Waals surface area (Å²) in [6, 6.07) is 9.56. The van der Waals surface area contributed by atoms with E-state index in [1.165, 1.54) is 12.8 Å². The maximum Gasteiger partial charge on any atom is 0.266 e. The summed E-state index contributed by atoms with van der Waals surface area (Å²) < 4.78 is 5.32. The van der Waals surface area contributed by atoms with E-state index in [4.69, 9.17) is 4.52 Å². The number of rotatable bonds is 4. The van der Waals surface area contributed by atoms with Gasteiger partial charge in [0.15, 0.2) is 0 Å². The van der Waals surface area contributed by atoms with Crippen LogP contribution in [-0.4, -0.2) is 28.3 Å². The summed E-state index contributed by atoms with van der Waals surface area (Å²) in [5.74, 6) is 0.911. The fourth-order valence-corrected chi connectivity index (χ4v) is 2.53. The largest absolute Gasteiger partial charge is 0.388 e. The highest BCUT2D eigenvalue weighted by Gasteiger charge is 2.25. The lowest BCUT2D eigenvalue weighted by molar-refractivity contribution is 0.135. The third kappa shape index (κ3) is 2.54. The molecule has 1 aromatic carbocycles. The molecular weight excluding hydrogens is 254 g/mol. The molecule has 0 aliphatic carbocycles. The highest BCUT2D eigenvalue weighted by atomic mass is 16.5. The van der Waals surface area contributed by atoms with E-state index in [1.807, 2.05) is 37.3 Å². The lowest BCUT2D eigenvalue weighted by Crippen LogP contribution is -2.19. The van der Waals surface area contributed by atoms with Crippen molar-refractivity contribution in [1.82, 2.24) is 10.1 Å². The maximum absolute atomic E-state index is 10.4. The number of aliphatic hydroxyl groups is 1. The molecule has 1 aromatic heterocycles. The van der Waals surface area contributed by atoms with Crippen LogP contribution in [0.15, 0.2) is 34.9 Å². The average molecular weight is 273 g/mol. The summed E-state index contributed by atoms with van der Waals surface area (Å²) in [4.78, 5) is 6.55. The van der Waals surface area contributed by atoms with E-state index >= 15 is 0 Å². The van der Waals surface area contributed by atoms with Crippen LogP contribution in [0, 0.1) is 0 Å². The van der Waals surface area contributed by atoms with Crippen LogP contribution in [0.3, 0.4) is 0 Å². The molecule has 0 bridgehead atoms. The first-order valence-electron chi connectivity index (χ1n) is 7.07. The van der Waals surface area contributed by atoms with E-state index in [1.54, 1.807) is 0 Å². The van der Waals surface area contributed by atoms with Crippen molar-refractivity contribution in [3.05, 3.63) is 41.8 Å². The normalized spacial score (nSPS) is 18.2. The Bertz CT molecular complexity index is 549. The molecule has 0 radical (unpaired) electrons. The number of benzene rings is 1. The van der Waals surface area contributed by atoms with Crippen LogP contribution in [0.25, 0.3) is 0 Å². The monoisotopic (exact) mass is 273 g/mol. The Morgan fingerprint density at radius 1 is 1.20 bits per heavy atom. The Hall–Kier alpha value is -1.88. The Morgan fingerprint density at radius 2 is 1.90 bits per heavy atom. The predicted octanol–water partition coefficient (Wildman–Crippen LogP) is 2.51. The minimum Gasteiger partial charge on any atom is -0.388 e. The smallest absolute Gasteiger partial charge is 0.266 e. The second-order valence-electron chi connectivity index (χ2n) is 5.27. The molecule has 0 amide bonds. The fraction of sp³-hybridized carbons (Fsp3) is 0.467. The Morgan fingerprint density at radius 3 is 2.60 bits per heavy atom. The minimum absolute atomic E-state index is 0.221. The zero-order valence-electron chi connectivity index (χ0n) is 11.6. The van der Waals surface area contributed by atoms with Gasteiger partial charge < -0.3 is 14.5 Å². The van der Waals surface area contributed by atoms with Crippen molar-refractivity contribution in [1.29, 1.82) is 0 Å². The lowest BCUT2D eigenvalue weighted by atomic mass is 9.97. The predicted molar refractivity (Wildman–Crippen MR) is 75.6 cm³/mol. The van der Waals surface area contributed by atoms with Gasteiger partial charge in [0.05, 0.1) is 12.0 Å². The first-order chi connectivity index (χ1) is 9.75. The van der Waals surface area contributed by atoms with E-state index in [2.05, 4.69) is 15.0 Å². The molecule has 5 nitrogen and oxygen atoms in total. The van der Waals surface area contributed by atoms with Crippen LogP contribution in [0.1, 0.15) is 43.2 Å². The van der Waals surface area contributed by atoms with Crippen molar-refractivity contribution in [2.45, 2.75) is 31.8 Å². The van der Waals surface area contributed by atoms with E-state index in [9.17, 15) is 5.11 Å². The van der Waals surface area contributed by atoms with Gasteiger partial charge in [0.1, 0.15) is 0 Å². The van der Waals surface area contributed by atoms with Crippen LogP contribution < -0.4 is 4.90 Å². The molecule has 5 heteroatoms.